The summed E-state index contributed by atoms with van der Waals surface area (Å²) < 4.78 is 0. The first-order chi connectivity index (χ1) is 6.56. The van der Waals surface area contributed by atoms with Gasteiger partial charge < -0.3 is 5.11 Å². The largest absolute Gasteiger partial charge is 0.481 e. The molecule has 0 aromatic heterocycles. The van der Waals surface area contributed by atoms with Gasteiger partial charge in [-0.25, -0.2) is 0 Å². The summed E-state index contributed by atoms with van der Waals surface area (Å²) in [6, 6.07) is 5.88. The van der Waals surface area contributed by atoms with Gasteiger partial charge >= 0.3 is 5.97 Å². The van der Waals surface area contributed by atoms with E-state index in [9.17, 15) is 4.79 Å². The second kappa shape index (κ2) is 4.27. The molecular formula is C12H16O2. The minimum Gasteiger partial charge on any atom is -0.481 e. The van der Waals surface area contributed by atoms with Crippen LogP contribution < -0.4 is 0 Å². The summed E-state index contributed by atoms with van der Waals surface area (Å²) in [6.07, 6.45) is 0.950. The Balaban J connectivity index is 3.06. The van der Waals surface area contributed by atoms with Gasteiger partial charge in [0.05, 0.1) is 5.92 Å². The zero-order chi connectivity index (χ0) is 10.7. The molecule has 0 radical (unpaired) electrons. The Morgan fingerprint density at radius 3 is 2.64 bits per heavy atom. The minimum absolute atomic E-state index is 0.416. The Hall–Kier alpha value is -1.31. The first-order valence-corrected chi connectivity index (χ1v) is 4.88. The average Bonchev–Trinajstić information content (AvgIpc) is 2.17. The Bertz CT molecular complexity index is 342. The van der Waals surface area contributed by atoms with Crippen molar-refractivity contribution < 1.29 is 9.90 Å². The molecule has 0 amide bonds. The van der Waals surface area contributed by atoms with E-state index in [0.717, 1.165) is 12.0 Å². The van der Waals surface area contributed by atoms with Crippen LogP contribution in [0.1, 0.15) is 36.5 Å². The zero-order valence-corrected chi connectivity index (χ0v) is 8.87. The van der Waals surface area contributed by atoms with Crippen LogP contribution in [0.2, 0.25) is 0 Å². The smallest absolute Gasteiger partial charge is 0.310 e. The molecular weight excluding hydrogens is 176 g/mol. The maximum absolute atomic E-state index is 10.8. The molecule has 1 atom stereocenters. The molecule has 0 aliphatic heterocycles. The SMILES string of the molecule is CCc1cc(C(C)C(=O)O)ccc1C. The molecule has 0 fully saturated rings. The van der Waals surface area contributed by atoms with Gasteiger partial charge in [-0.05, 0) is 37.0 Å². The monoisotopic (exact) mass is 192 g/mol. The topological polar surface area (TPSA) is 37.3 Å². The average molecular weight is 192 g/mol. The molecule has 1 aromatic carbocycles. The quantitative estimate of drug-likeness (QED) is 0.799. The normalized spacial score (nSPS) is 12.5. The van der Waals surface area contributed by atoms with Crippen molar-refractivity contribution >= 4 is 5.97 Å². The van der Waals surface area contributed by atoms with Crippen molar-refractivity contribution in [3.8, 4) is 0 Å². The van der Waals surface area contributed by atoms with Gasteiger partial charge in [-0.1, -0.05) is 25.1 Å². The molecule has 1 aromatic rings. The van der Waals surface area contributed by atoms with Gasteiger partial charge in [-0.15, -0.1) is 0 Å². The van der Waals surface area contributed by atoms with Gasteiger partial charge in [0.1, 0.15) is 0 Å². The molecule has 2 heteroatoms. The molecule has 0 saturated heterocycles. The van der Waals surface area contributed by atoms with E-state index in [1.807, 2.05) is 25.1 Å². The van der Waals surface area contributed by atoms with Gasteiger partial charge in [-0.2, -0.15) is 0 Å². The number of carboxylic acids is 1. The minimum atomic E-state index is -0.768. The maximum atomic E-state index is 10.8. The molecule has 2 nitrogen and oxygen atoms in total. The molecule has 14 heavy (non-hydrogen) atoms. The van der Waals surface area contributed by atoms with Crippen LogP contribution in [0.25, 0.3) is 0 Å². The first kappa shape index (κ1) is 10.8. The molecule has 0 aliphatic carbocycles. The molecule has 0 saturated carbocycles. The highest BCUT2D eigenvalue weighted by Crippen LogP contribution is 2.19. The Labute approximate surface area is 84.6 Å². The van der Waals surface area contributed by atoms with Crippen LogP contribution in [-0.4, -0.2) is 11.1 Å². The van der Waals surface area contributed by atoms with Crippen molar-refractivity contribution in [2.24, 2.45) is 0 Å². The van der Waals surface area contributed by atoms with Crippen LogP contribution in [0.5, 0.6) is 0 Å². The zero-order valence-electron chi connectivity index (χ0n) is 8.87. The van der Waals surface area contributed by atoms with Crippen molar-refractivity contribution in [2.75, 3.05) is 0 Å². The van der Waals surface area contributed by atoms with Crippen LogP contribution >= 0.6 is 0 Å². The van der Waals surface area contributed by atoms with E-state index in [4.69, 9.17) is 5.11 Å². The predicted octanol–water partition coefficient (Wildman–Crippen LogP) is 2.75. The third kappa shape index (κ3) is 2.13. The van der Waals surface area contributed by atoms with E-state index in [0.29, 0.717) is 0 Å². The summed E-state index contributed by atoms with van der Waals surface area (Å²) >= 11 is 0. The molecule has 1 rings (SSSR count). The lowest BCUT2D eigenvalue weighted by Gasteiger charge is -2.10. The fraction of sp³-hybridized carbons (Fsp3) is 0.417. The van der Waals surface area contributed by atoms with Crippen LogP contribution in [0.3, 0.4) is 0 Å². The lowest BCUT2D eigenvalue weighted by molar-refractivity contribution is -0.138. The van der Waals surface area contributed by atoms with Crippen LogP contribution in [0.15, 0.2) is 18.2 Å². The molecule has 0 heterocycles. The molecule has 1 unspecified atom stereocenters. The Kier molecular flexibility index (Phi) is 3.28. The number of carboxylic acid groups (broad SMARTS) is 1. The number of carbonyl (C=O) groups is 1. The number of benzene rings is 1. The second-order valence-corrected chi connectivity index (χ2v) is 3.60. The van der Waals surface area contributed by atoms with Crippen LogP contribution in [-0.2, 0) is 11.2 Å². The van der Waals surface area contributed by atoms with Crippen molar-refractivity contribution in [3.63, 3.8) is 0 Å². The van der Waals surface area contributed by atoms with E-state index in [1.165, 1.54) is 11.1 Å². The molecule has 0 aliphatic rings. The van der Waals surface area contributed by atoms with Gasteiger partial charge in [0.15, 0.2) is 0 Å². The number of rotatable bonds is 3. The lowest BCUT2D eigenvalue weighted by Crippen LogP contribution is -2.07. The predicted molar refractivity (Wildman–Crippen MR) is 56.6 cm³/mol. The van der Waals surface area contributed by atoms with Gasteiger partial charge in [-0.3, -0.25) is 4.79 Å². The summed E-state index contributed by atoms with van der Waals surface area (Å²) in [6.45, 7) is 5.85. The lowest BCUT2D eigenvalue weighted by atomic mass is 9.96. The van der Waals surface area contributed by atoms with Crippen molar-refractivity contribution in [2.45, 2.75) is 33.1 Å². The number of hydrogen-bond donors (Lipinski definition) is 1. The van der Waals surface area contributed by atoms with Gasteiger partial charge in [0.2, 0.25) is 0 Å². The van der Waals surface area contributed by atoms with E-state index in [2.05, 4.69) is 6.92 Å². The summed E-state index contributed by atoms with van der Waals surface area (Å²) in [5.74, 6) is -1.18. The van der Waals surface area contributed by atoms with Crippen molar-refractivity contribution in [1.82, 2.24) is 0 Å². The maximum Gasteiger partial charge on any atom is 0.310 e. The van der Waals surface area contributed by atoms with E-state index in [-0.39, 0.29) is 0 Å². The van der Waals surface area contributed by atoms with Crippen molar-refractivity contribution in [1.29, 1.82) is 0 Å². The van der Waals surface area contributed by atoms with Crippen molar-refractivity contribution in [3.05, 3.63) is 34.9 Å². The molecule has 0 bridgehead atoms. The number of hydrogen-bond acceptors (Lipinski definition) is 1. The Morgan fingerprint density at radius 1 is 1.50 bits per heavy atom. The summed E-state index contributed by atoms with van der Waals surface area (Å²) in [4.78, 5) is 10.8. The molecule has 1 N–H and O–H groups in total. The van der Waals surface area contributed by atoms with Crippen LogP contribution in [0.4, 0.5) is 0 Å². The number of aryl methyl sites for hydroxylation is 2. The molecule has 76 valence electrons. The fourth-order valence-electron chi connectivity index (χ4n) is 1.48. The summed E-state index contributed by atoms with van der Waals surface area (Å²) in [7, 11) is 0. The number of aliphatic carboxylic acids is 1. The van der Waals surface area contributed by atoms with E-state index >= 15 is 0 Å². The highest BCUT2D eigenvalue weighted by Gasteiger charge is 2.13. The fourth-order valence-corrected chi connectivity index (χ4v) is 1.48. The second-order valence-electron chi connectivity index (χ2n) is 3.60. The Morgan fingerprint density at radius 2 is 2.14 bits per heavy atom. The van der Waals surface area contributed by atoms with E-state index < -0.39 is 11.9 Å². The van der Waals surface area contributed by atoms with Crippen LogP contribution in [0, 0.1) is 6.92 Å². The third-order valence-corrected chi connectivity index (χ3v) is 2.62. The van der Waals surface area contributed by atoms with E-state index in [1.54, 1.807) is 6.92 Å². The van der Waals surface area contributed by atoms with Gasteiger partial charge in [0.25, 0.3) is 0 Å². The van der Waals surface area contributed by atoms with Gasteiger partial charge in [0, 0.05) is 0 Å². The highest BCUT2D eigenvalue weighted by atomic mass is 16.4. The third-order valence-electron chi connectivity index (χ3n) is 2.62. The summed E-state index contributed by atoms with van der Waals surface area (Å²) in [5.41, 5.74) is 3.35. The highest BCUT2D eigenvalue weighted by molar-refractivity contribution is 5.75. The molecule has 0 spiro atoms. The standard InChI is InChI=1S/C12H16O2/c1-4-10-7-11(6-5-8(10)2)9(3)12(13)14/h5-7,9H,4H2,1-3H3,(H,13,14). The first-order valence-electron chi connectivity index (χ1n) is 4.88. The summed E-state index contributed by atoms with van der Waals surface area (Å²) in [5, 5.41) is 8.87.